The minimum atomic E-state index is -0.301. The number of halogens is 1. The number of hydrogen-bond acceptors (Lipinski definition) is 5. The average Bonchev–Trinajstić information content (AvgIpc) is 2.88. The number of nitrogens with one attached hydrogen (secondary N) is 3. The van der Waals surface area contributed by atoms with Gasteiger partial charge in [-0.05, 0) is 43.4 Å². The summed E-state index contributed by atoms with van der Waals surface area (Å²) in [6.07, 6.45) is 5.23. The zero-order valence-corrected chi connectivity index (χ0v) is 20.4. The van der Waals surface area contributed by atoms with Gasteiger partial charge in [-0.25, -0.2) is 0 Å². The summed E-state index contributed by atoms with van der Waals surface area (Å²) in [5.74, 6) is 0.854. The fraction of sp³-hybridized carbons (Fsp3) is 0.400. The number of benzene rings is 2. The molecule has 1 aliphatic carbocycles. The van der Waals surface area contributed by atoms with Crippen LogP contribution in [0.5, 0.6) is 11.5 Å². The van der Waals surface area contributed by atoms with Crippen molar-refractivity contribution in [2.75, 3.05) is 27.8 Å². The van der Waals surface area contributed by atoms with E-state index in [1.54, 1.807) is 25.4 Å². The summed E-state index contributed by atoms with van der Waals surface area (Å²) in [4.78, 5) is 17.1. The van der Waals surface area contributed by atoms with Gasteiger partial charge >= 0.3 is 0 Å². The number of hydrogen-bond donors (Lipinski definition) is 3. The van der Waals surface area contributed by atoms with Crippen molar-refractivity contribution >= 4 is 23.5 Å². The average molecular weight is 484 g/mol. The van der Waals surface area contributed by atoms with E-state index in [1.807, 2.05) is 18.2 Å². The number of nitrogens with zero attached hydrogens (tertiary/aromatic N) is 2. The highest BCUT2D eigenvalue weighted by Gasteiger charge is 2.38. The molecule has 0 radical (unpaired) electrons. The number of ether oxygens (including phenoxy) is 2. The van der Waals surface area contributed by atoms with E-state index in [0.29, 0.717) is 23.3 Å². The van der Waals surface area contributed by atoms with E-state index < -0.39 is 0 Å². The van der Waals surface area contributed by atoms with E-state index in [1.165, 1.54) is 19.8 Å². The summed E-state index contributed by atoms with van der Waals surface area (Å²) >= 11 is 6.26. The first kappa shape index (κ1) is 25.2. The van der Waals surface area contributed by atoms with Crippen molar-refractivity contribution in [3.05, 3.63) is 58.6 Å². The number of amides is 1. The molecule has 180 valence electrons. The molecule has 0 spiro atoms. The van der Waals surface area contributed by atoms with Gasteiger partial charge in [-0.3, -0.25) is 4.79 Å². The Morgan fingerprint density at radius 2 is 1.88 bits per heavy atom. The van der Waals surface area contributed by atoms with Crippen LogP contribution in [0.15, 0.2) is 47.5 Å². The molecule has 0 aromatic heterocycles. The van der Waals surface area contributed by atoms with Crippen molar-refractivity contribution in [1.82, 2.24) is 16.0 Å². The van der Waals surface area contributed by atoms with Gasteiger partial charge in [0, 0.05) is 25.0 Å². The molecule has 1 fully saturated rings. The van der Waals surface area contributed by atoms with Crippen molar-refractivity contribution in [1.29, 1.82) is 5.26 Å². The van der Waals surface area contributed by atoms with Gasteiger partial charge < -0.3 is 25.4 Å². The first-order valence-corrected chi connectivity index (χ1v) is 11.5. The van der Waals surface area contributed by atoms with Crippen molar-refractivity contribution in [2.45, 2.75) is 37.1 Å². The summed E-state index contributed by atoms with van der Waals surface area (Å²) in [6, 6.07) is 13.7. The fourth-order valence-electron chi connectivity index (χ4n) is 4.54. The molecule has 1 amide bonds. The summed E-state index contributed by atoms with van der Waals surface area (Å²) in [5.41, 5.74) is 1.22. The topological polar surface area (TPSA) is 108 Å². The molecule has 8 nitrogen and oxygen atoms in total. The van der Waals surface area contributed by atoms with Crippen LogP contribution in [0, 0.1) is 11.5 Å². The first-order chi connectivity index (χ1) is 16.5. The van der Waals surface area contributed by atoms with Crippen LogP contribution in [0.25, 0.3) is 0 Å². The van der Waals surface area contributed by atoms with E-state index in [0.717, 1.165) is 25.7 Å². The highest BCUT2D eigenvalue weighted by Crippen LogP contribution is 2.40. The second-order valence-corrected chi connectivity index (χ2v) is 8.62. The maximum atomic E-state index is 13.3. The minimum Gasteiger partial charge on any atom is -0.496 e. The Kier molecular flexibility index (Phi) is 8.61. The number of carbonyl (C=O) groups excluding carboxylic acids is 1. The van der Waals surface area contributed by atoms with Crippen LogP contribution in [0.3, 0.4) is 0 Å². The van der Waals surface area contributed by atoms with E-state index in [9.17, 15) is 4.79 Å². The molecule has 9 heteroatoms. The monoisotopic (exact) mass is 483 g/mol. The van der Waals surface area contributed by atoms with Crippen LogP contribution in [-0.2, 0) is 5.41 Å². The van der Waals surface area contributed by atoms with Gasteiger partial charge in [0.05, 0.1) is 19.2 Å². The predicted molar refractivity (Wildman–Crippen MR) is 133 cm³/mol. The Balaban J connectivity index is 1.81. The molecule has 0 atom stereocenters. The summed E-state index contributed by atoms with van der Waals surface area (Å²) in [6.45, 7) is 0.451. The Morgan fingerprint density at radius 3 is 2.47 bits per heavy atom. The number of guanidine groups is 1. The molecule has 1 aliphatic rings. The molecule has 0 heterocycles. The molecule has 34 heavy (non-hydrogen) atoms. The van der Waals surface area contributed by atoms with Crippen LogP contribution in [0.2, 0.25) is 5.02 Å². The Hall–Kier alpha value is -3.44. The lowest BCUT2D eigenvalue weighted by Gasteiger charge is -2.41. The molecule has 0 unspecified atom stereocenters. The molecule has 3 N–H and O–H groups in total. The Morgan fingerprint density at radius 1 is 1.18 bits per heavy atom. The largest absolute Gasteiger partial charge is 0.496 e. The van der Waals surface area contributed by atoms with Crippen LogP contribution in [0.1, 0.15) is 41.6 Å². The van der Waals surface area contributed by atoms with Crippen LogP contribution >= 0.6 is 11.6 Å². The molecular weight excluding hydrogens is 454 g/mol. The van der Waals surface area contributed by atoms with Crippen molar-refractivity contribution in [3.63, 3.8) is 0 Å². The normalized spacial score (nSPS) is 20.1. The van der Waals surface area contributed by atoms with Crippen molar-refractivity contribution in [2.24, 2.45) is 4.99 Å². The lowest BCUT2D eigenvalue weighted by Crippen LogP contribution is -2.49. The maximum absolute atomic E-state index is 13.3. The number of aliphatic imine (C=N–C) groups is 1. The standard InChI is InChI=1S/C25H30ClN5O3/c1-28-24(30-16-27)31-18-11-13-25(14-12-18,17-7-5-4-6-8-17)15-29-23(32)21-20(33-2)10-9-19(26)22(21)34-3/h4-10,18H,11-15H2,1-3H3,(H,29,32)(H2,28,30,31)/t18-,25-. The van der Waals surface area contributed by atoms with Gasteiger partial charge in [0.15, 0.2) is 5.75 Å². The molecule has 2 aromatic rings. The van der Waals surface area contributed by atoms with Crippen LogP contribution in [0.4, 0.5) is 0 Å². The molecule has 0 saturated heterocycles. The van der Waals surface area contributed by atoms with Crippen LogP contribution in [-0.4, -0.2) is 45.7 Å². The van der Waals surface area contributed by atoms with Gasteiger partial charge in [-0.1, -0.05) is 41.9 Å². The molecular formula is C25H30ClN5O3. The van der Waals surface area contributed by atoms with Gasteiger partial charge in [0.2, 0.25) is 12.2 Å². The summed E-state index contributed by atoms with van der Waals surface area (Å²) in [5, 5.41) is 18.5. The second kappa shape index (κ2) is 11.6. The van der Waals surface area contributed by atoms with Crippen LogP contribution < -0.4 is 25.4 Å². The zero-order valence-electron chi connectivity index (χ0n) is 19.7. The van der Waals surface area contributed by atoms with Gasteiger partial charge in [0.1, 0.15) is 11.3 Å². The van der Waals surface area contributed by atoms with E-state index >= 15 is 0 Å². The molecule has 0 aliphatic heterocycles. The predicted octanol–water partition coefficient (Wildman–Crippen LogP) is 3.61. The lowest BCUT2D eigenvalue weighted by atomic mass is 9.68. The number of nitriles is 1. The van der Waals surface area contributed by atoms with E-state index in [2.05, 4.69) is 33.1 Å². The number of methoxy groups -OCH3 is 2. The van der Waals surface area contributed by atoms with E-state index in [4.69, 9.17) is 26.3 Å². The number of rotatable bonds is 7. The van der Waals surface area contributed by atoms with Gasteiger partial charge in [-0.2, -0.15) is 5.26 Å². The molecule has 1 saturated carbocycles. The highest BCUT2D eigenvalue weighted by atomic mass is 35.5. The summed E-state index contributed by atoms with van der Waals surface area (Å²) < 4.78 is 10.8. The molecule has 3 rings (SSSR count). The highest BCUT2D eigenvalue weighted by molar-refractivity contribution is 6.32. The number of carbonyl (C=O) groups is 1. The third-order valence-corrected chi connectivity index (χ3v) is 6.68. The molecule has 2 aromatic carbocycles. The second-order valence-electron chi connectivity index (χ2n) is 8.22. The van der Waals surface area contributed by atoms with Gasteiger partial charge in [0.25, 0.3) is 5.91 Å². The zero-order chi connectivity index (χ0) is 24.6. The summed E-state index contributed by atoms with van der Waals surface area (Å²) in [7, 11) is 4.72. The van der Waals surface area contributed by atoms with Gasteiger partial charge in [-0.15, -0.1) is 4.99 Å². The Bertz CT molecular complexity index is 1060. The fourth-order valence-corrected chi connectivity index (χ4v) is 4.77. The minimum absolute atomic E-state index is 0.181. The Labute approximate surface area is 205 Å². The molecule has 0 bridgehead atoms. The smallest absolute Gasteiger partial charge is 0.258 e. The quantitative estimate of drug-likeness (QED) is 0.315. The SMILES string of the molecule is CN/C(=N\C#N)N[C@H]1CC[C@](CNC(=O)c2c(OC)ccc(Cl)c2OC)(c2ccccc2)CC1. The first-order valence-electron chi connectivity index (χ1n) is 11.1. The lowest BCUT2D eigenvalue weighted by molar-refractivity contribution is 0.0928. The van der Waals surface area contributed by atoms with Crippen molar-refractivity contribution < 1.29 is 14.3 Å². The third-order valence-electron chi connectivity index (χ3n) is 6.38. The van der Waals surface area contributed by atoms with Crippen molar-refractivity contribution in [3.8, 4) is 17.7 Å². The maximum Gasteiger partial charge on any atom is 0.258 e. The van der Waals surface area contributed by atoms with E-state index in [-0.39, 0.29) is 28.7 Å². The third kappa shape index (κ3) is 5.54.